The van der Waals surface area contributed by atoms with E-state index < -0.39 is 12.1 Å². The lowest BCUT2D eigenvalue weighted by Gasteiger charge is -2.20. The number of benzene rings is 1. The van der Waals surface area contributed by atoms with Crippen LogP contribution in [0.2, 0.25) is 10.0 Å². The van der Waals surface area contributed by atoms with Crippen molar-refractivity contribution in [2.24, 2.45) is 11.7 Å². The van der Waals surface area contributed by atoms with Crippen molar-refractivity contribution < 1.29 is 13.2 Å². The molecule has 0 aliphatic heterocycles. The van der Waals surface area contributed by atoms with E-state index in [0.29, 0.717) is 10.6 Å². The third-order valence-electron chi connectivity index (χ3n) is 2.46. The van der Waals surface area contributed by atoms with Crippen molar-refractivity contribution in [1.82, 2.24) is 0 Å². The van der Waals surface area contributed by atoms with Gasteiger partial charge in [-0.3, -0.25) is 0 Å². The number of hydrogen-bond acceptors (Lipinski definition) is 1. The van der Waals surface area contributed by atoms with Gasteiger partial charge in [0.25, 0.3) is 0 Å². The van der Waals surface area contributed by atoms with Crippen LogP contribution in [0.3, 0.4) is 0 Å². The van der Waals surface area contributed by atoms with Crippen LogP contribution in [-0.4, -0.2) is 12.7 Å². The van der Waals surface area contributed by atoms with E-state index in [0.717, 1.165) is 0 Å². The molecule has 1 aromatic rings. The van der Waals surface area contributed by atoms with Crippen LogP contribution in [0.25, 0.3) is 0 Å². The molecule has 1 aromatic carbocycles. The van der Waals surface area contributed by atoms with Crippen molar-refractivity contribution in [3.05, 3.63) is 33.8 Å². The van der Waals surface area contributed by atoms with Gasteiger partial charge in [0, 0.05) is 10.0 Å². The molecule has 0 spiro atoms. The molecular formula is C11H12Cl2F3N. The molecule has 0 bridgehead atoms. The maximum absolute atomic E-state index is 12.7. The Morgan fingerprint density at radius 2 is 1.88 bits per heavy atom. The third-order valence-corrected chi connectivity index (χ3v) is 3.05. The summed E-state index contributed by atoms with van der Waals surface area (Å²) in [6.07, 6.45) is -4.54. The largest absolute Gasteiger partial charge is 0.392 e. The first-order valence-electron chi connectivity index (χ1n) is 5.05. The van der Waals surface area contributed by atoms with Crippen molar-refractivity contribution in [1.29, 1.82) is 0 Å². The van der Waals surface area contributed by atoms with Crippen LogP contribution < -0.4 is 5.73 Å². The molecule has 17 heavy (non-hydrogen) atoms. The van der Waals surface area contributed by atoms with Gasteiger partial charge in [0.15, 0.2) is 0 Å². The molecule has 0 heterocycles. The molecule has 1 unspecified atom stereocenters. The highest BCUT2D eigenvalue weighted by Crippen LogP contribution is 2.33. The van der Waals surface area contributed by atoms with E-state index in [9.17, 15) is 13.2 Å². The van der Waals surface area contributed by atoms with Crippen LogP contribution >= 0.6 is 23.2 Å². The van der Waals surface area contributed by atoms with Crippen molar-refractivity contribution in [3.63, 3.8) is 0 Å². The Balaban J connectivity index is 2.86. The molecule has 0 aliphatic rings. The van der Waals surface area contributed by atoms with Gasteiger partial charge in [-0.15, -0.1) is 0 Å². The molecule has 2 N–H and O–H groups in total. The molecular weight excluding hydrogens is 274 g/mol. The zero-order valence-corrected chi connectivity index (χ0v) is 10.4. The highest BCUT2D eigenvalue weighted by molar-refractivity contribution is 6.35. The lowest BCUT2D eigenvalue weighted by molar-refractivity contribution is -0.175. The van der Waals surface area contributed by atoms with Gasteiger partial charge in [0.1, 0.15) is 0 Å². The van der Waals surface area contributed by atoms with Crippen LogP contribution in [-0.2, 0) is 6.42 Å². The Hall–Kier alpha value is -0.450. The van der Waals surface area contributed by atoms with E-state index in [1.165, 1.54) is 18.2 Å². The van der Waals surface area contributed by atoms with E-state index >= 15 is 0 Å². The predicted octanol–water partition coefficient (Wildman–Crippen LogP) is 4.06. The monoisotopic (exact) mass is 285 g/mol. The average Bonchev–Trinajstić information content (AvgIpc) is 2.19. The third kappa shape index (κ3) is 4.37. The molecule has 0 fully saturated rings. The Kier molecular flexibility index (Phi) is 5.10. The second kappa shape index (κ2) is 5.94. The fourth-order valence-corrected chi connectivity index (χ4v) is 2.02. The fraction of sp³-hybridized carbons (Fsp3) is 0.455. The molecule has 96 valence electrons. The molecule has 0 saturated heterocycles. The molecule has 0 amide bonds. The lowest BCUT2D eigenvalue weighted by Crippen LogP contribution is -2.27. The summed E-state index contributed by atoms with van der Waals surface area (Å²) in [5, 5.41) is 0.657. The summed E-state index contributed by atoms with van der Waals surface area (Å²) in [7, 11) is 0. The zero-order valence-electron chi connectivity index (χ0n) is 8.90. The maximum atomic E-state index is 12.7. The van der Waals surface area contributed by atoms with Gasteiger partial charge in [-0.1, -0.05) is 29.3 Å². The summed E-state index contributed by atoms with van der Waals surface area (Å²) < 4.78 is 38.0. The maximum Gasteiger partial charge on any atom is 0.392 e. The molecule has 0 aromatic heterocycles. The summed E-state index contributed by atoms with van der Waals surface area (Å²) in [4.78, 5) is 0. The van der Waals surface area contributed by atoms with Crippen LogP contribution in [0.5, 0.6) is 0 Å². The zero-order chi connectivity index (χ0) is 13.1. The Morgan fingerprint density at radius 3 is 2.35 bits per heavy atom. The molecule has 0 saturated carbocycles. The van der Waals surface area contributed by atoms with Crippen LogP contribution in [0.1, 0.15) is 12.0 Å². The standard InChI is InChI=1S/C11H12Cl2F3N/c12-9-2-1-7(10(13)6-9)5-8(3-4-17)11(14,15)16/h1-2,6,8H,3-5,17H2. The predicted molar refractivity (Wildman–Crippen MR) is 63.4 cm³/mol. The van der Waals surface area contributed by atoms with Crippen molar-refractivity contribution >= 4 is 23.2 Å². The normalized spacial score (nSPS) is 13.8. The van der Waals surface area contributed by atoms with Gasteiger partial charge in [0.05, 0.1) is 5.92 Å². The minimum Gasteiger partial charge on any atom is -0.330 e. The van der Waals surface area contributed by atoms with Gasteiger partial charge in [-0.2, -0.15) is 13.2 Å². The Labute approximate surface area is 108 Å². The van der Waals surface area contributed by atoms with E-state index in [1.54, 1.807) is 0 Å². The lowest BCUT2D eigenvalue weighted by atomic mass is 9.95. The second-order valence-electron chi connectivity index (χ2n) is 3.76. The number of alkyl halides is 3. The van der Waals surface area contributed by atoms with E-state index in [4.69, 9.17) is 28.9 Å². The highest BCUT2D eigenvalue weighted by atomic mass is 35.5. The summed E-state index contributed by atoms with van der Waals surface area (Å²) in [6.45, 7) is -0.00458. The molecule has 6 heteroatoms. The van der Waals surface area contributed by atoms with Crippen molar-refractivity contribution in [3.8, 4) is 0 Å². The highest BCUT2D eigenvalue weighted by Gasteiger charge is 2.38. The summed E-state index contributed by atoms with van der Waals surface area (Å²) in [5.41, 5.74) is 5.62. The van der Waals surface area contributed by atoms with Gasteiger partial charge in [0.2, 0.25) is 0 Å². The quantitative estimate of drug-likeness (QED) is 0.887. The molecule has 0 aliphatic carbocycles. The number of halogens is 5. The van der Waals surface area contributed by atoms with Crippen LogP contribution in [0, 0.1) is 5.92 Å². The van der Waals surface area contributed by atoms with E-state index in [2.05, 4.69) is 0 Å². The molecule has 1 rings (SSSR count). The smallest absolute Gasteiger partial charge is 0.330 e. The number of hydrogen-bond donors (Lipinski definition) is 1. The first-order chi connectivity index (χ1) is 7.84. The van der Waals surface area contributed by atoms with Crippen molar-refractivity contribution in [2.75, 3.05) is 6.54 Å². The molecule has 1 atom stereocenters. The summed E-state index contributed by atoms with van der Waals surface area (Å²) in [5.74, 6) is -1.47. The van der Waals surface area contributed by atoms with Gasteiger partial charge in [-0.05, 0) is 37.1 Å². The van der Waals surface area contributed by atoms with Gasteiger partial charge >= 0.3 is 6.18 Å². The molecule has 1 nitrogen and oxygen atoms in total. The molecule has 0 radical (unpaired) electrons. The summed E-state index contributed by atoms with van der Waals surface area (Å²) in [6, 6.07) is 4.48. The number of rotatable bonds is 4. The van der Waals surface area contributed by atoms with Gasteiger partial charge in [-0.25, -0.2) is 0 Å². The Bertz CT molecular complexity index is 379. The minimum atomic E-state index is -4.26. The fourth-order valence-electron chi connectivity index (χ4n) is 1.54. The SMILES string of the molecule is NCCC(Cc1ccc(Cl)cc1Cl)C(F)(F)F. The van der Waals surface area contributed by atoms with Crippen LogP contribution in [0.4, 0.5) is 13.2 Å². The van der Waals surface area contributed by atoms with Gasteiger partial charge < -0.3 is 5.73 Å². The Morgan fingerprint density at radius 1 is 1.24 bits per heavy atom. The minimum absolute atomic E-state index is 0.00458. The number of nitrogens with two attached hydrogens (primary N) is 1. The topological polar surface area (TPSA) is 26.0 Å². The van der Waals surface area contributed by atoms with E-state index in [1.807, 2.05) is 0 Å². The second-order valence-corrected chi connectivity index (χ2v) is 4.60. The first kappa shape index (κ1) is 14.6. The first-order valence-corrected chi connectivity index (χ1v) is 5.81. The summed E-state index contributed by atoms with van der Waals surface area (Å²) >= 11 is 11.5. The average molecular weight is 286 g/mol. The van der Waals surface area contributed by atoms with Crippen LogP contribution in [0.15, 0.2) is 18.2 Å². The van der Waals surface area contributed by atoms with Crippen molar-refractivity contribution in [2.45, 2.75) is 19.0 Å². The van der Waals surface area contributed by atoms with E-state index in [-0.39, 0.29) is 24.4 Å².